The third-order valence-electron chi connectivity index (χ3n) is 5.60. The van der Waals surface area contributed by atoms with Gasteiger partial charge in [-0.25, -0.2) is 0 Å². The average Bonchev–Trinajstić information content (AvgIpc) is 3.17. The van der Waals surface area contributed by atoms with Gasteiger partial charge in [-0.05, 0) is 65.0 Å². The van der Waals surface area contributed by atoms with Crippen LogP contribution in [0.15, 0.2) is 34.8 Å². The summed E-state index contributed by atoms with van der Waals surface area (Å²) < 4.78 is 18.5. The topological polar surface area (TPSA) is 39.7 Å². The molecule has 0 aromatic heterocycles. The molecule has 0 bridgehead atoms. The van der Waals surface area contributed by atoms with Crippen molar-refractivity contribution < 1.29 is 14.2 Å². The summed E-state index contributed by atoms with van der Waals surface area (Å²) in [6, 6.07) is 11.1. The van der Waals surface area contributed by atoms with Crippen LogP contribution in [0.4, 0.5) is 5.69 Å². The number of anilines is 1. The van der Waals surface area contributed by atoms with E-state index < -0.39 is 0 Å². The third-order valence-corrected chi connectivity index (χ3v) is 6.19. The van der Waals surface area contributed by atoms with Crippen molar-refractivity contribution >= 4 is 21.6 Å². The lowest BCUT2D eigenvalue weighted by molar-refractivity contribution is 0.0828. The van der Waals surface area contributed by atoms with E-state index in [1.807, 2.05) is 6.92 Å². The lowest BCUT2D eigenvalue weighted by atomic mass is 9.80. The molecule has 0 radical (unpaired) electrons. The van der Waals surface area contributed by atoms with Crippen molar-refractivity contribution in [3.05, 3.63) is 51.5 Å². The molecule has 2 aliphatic heterocycles. The molecule has 0 spiro atoms. The molecular weight excluding hydrogens is 406 g/mol. The maximum atomic E-state index is 6.18. The number of benzene rings is 2. The third kappa shape index (κ3) is 3.32. The van der Waals surface area contributed by atoms with Crippen molar-refractivity contribution in [2.24, 2.45) is 5.92 Å². The van der Waals surface area contributed by atoms with Crippen LogP contribution in [0.5, 0.6) is 11.5 Å². The number of halogens is 1. The minimum absolute atomic E-state index is 0.147. The van der Waals surface area contributed by atoms with E-state index in [0.29, 0.717) is 12.5 Å². The van der Waals surface area contributed by atoms with Gasteiger partial charge in [-0.3, -0.25) is 0 Å². The highest BCUT2D eigenvalue weighted by Crippen LogP contribution is 2.51. The van der Waals surface area contributed by atoms with Crippen molar-refractivity contribution in [3.8, 4) is 11.5 Å². The molecule has 5 heteroatoms. The molecule has 4 nitrogen and oxygen atoms in total. The molecule has 3 unspecified atom stereocenters. The normalized spacial score (nSPS) is 23.3. The molecular formula is C22H26BrNO3. The molecule has 144 valence electrons. The molecule has 2 heterocycles. The molecule has 0 amide bonds. The molecule has 1 saturated heterocycles. The van der Waals surface area contributed by atoms with E-state index >= 15 is 0 Å². The zero-order valence-electron chi connectivity index (χ0n) is 16.0. The van der Waals surface area contributed by atoms with Gasteiger partial charge < -0.3 is 19.5 Å². The number of hydrogen-bond acceptors (Lipinski definition) is 4. The molecule has 0 aliphatic carbocycles. The summed E-state index contributed by atoms with van der Waals surface area (Å²) in [5.74, 6) is 1.91. The SMILES string of the molecule is CCOc1cc(C2Nc3ccc(CC)cc3C3OCCC23)cc(Br)c1OC. The van der Waals surface area contributed by atoms with E-state index in [1.165, 1.54) is 22.4 Å². The van der Waals surface area contributed by atoms with E-state index in [9.17, 15) is 0 Å². The zero-order valence-corrected chi connectivity index (χ0v) is 17.6. The Morgan fingerprint density at radius 2 is 2.07 bits per heavy atom. The number of ether oxygens (including phenoxy) is 3. The first-order valence-electron chi connectivity index (χ1n) is 9.67. The van der Waals surface area contributed by atoms with Crippen molar-refractivity contribution in [2.75, 3.05) is 25.6 Å². The second-order valence-corrected chi connectivity index (χ2v) is 7.96. The number of nitrogens with one attached hydrogen (secondary N) is 1. The van der Waals surface area contributed by atoms with Gasteiger partial charge in [-0.2, -0.15) is 0 Å². The fourth-order valence-electron chi connectivity index (χ4n) is 4.30. The fourth-order valence-corrected chi connectivity index (χ4v) is 4.92. The number of methoxy groups -OCH3 is 1. The van der Waals surface area contributed by atoms with Crippen molar-refractivity contribution in [1.82, 2.24) is 0 Å². The minimum atomic E-state index is 0.147. The predicted molar refractivity (Wildman–Crippen MR) is 111 cm³/mol. The number of aryl methyl sites for hydroxylation is 1. The van der Waals surface area contributed by atoms with Crippen LogP contribution in [0.25, 0.3) is 0 Å². The van der Waals surface area contributed by atoms with E-state index in [4.69, 9.17) is 14.2 Å². The predicted octanol–water partition coefficient (Wildman–Crippen LogP) is 5.66. The maximum absolute atomic E-state index is 6.18. The number of hydrogen-bond donors (Lipinski definition) is 1. The second-order valence-electron chi connectivity index (χ2n) is 7.11. The van der Waals surface area contributed by atoms with Crippen molar-refractivity contribution in [3.63, 3.8) is 0 Å². The van der Waals surface area contributed by atoms with Crippen LogP contribution in [0, 0.1) is 5.92 Å². The molecule has 2 aliphatic rings. The molecule has 4 rings (SSSR count). The standard InChI is InChI=1S/C22H26BrNO3/c1-4-13-6-7-18-16(10-13)21-15(8-9-27-21)20(24-18)14-11-17(23)22(25-3)19(12-14)26-5-2/h6-7,10-12,15,20-21,24H,4-5,8-9H2,1-3H3. The summed E-state index contributed by atoms with van der Waals surface area (Å²) in [4.78, 5) is 0. The smallest absolute Gasteiger partial charge is 0.174 e. The lowest BCUT2D eigenvalue weighted by Gasteiger charge is -2.37. The van der Waals surface area contributed by atoms with Gasteiger partial charge in [0.1, 0.15) is 0 Å². The highest BCUT2D eigenvalue weighted by Gasteiger charge is 2.41. The Balaban J connectivity index is 1.76. The fraction of sp³-hybridized carbons (Fsp3) is 0.455. The van der Waals surface area contributed by atoms with E-state index in [1.54, 1.807) is 7.11 Å². The summed E-state index contributed by atoms with van der Waals surface area (Å²) >= 11 is 3.65. The minimum Gasteiger partial charge on any atom is -0.492 e. The van der Waals surface area contributed by atoms with Crippen molar-refractivity contribution in [2.45, 2.75) is 38.8 Å². The zero-order chi connectivity index (χ0) is 19.0. The van der Waals surface area contributed by atoms with Crippen LogP contribution in [-0.2, 0) is 11.2 Å². The van der Waals surface area contributed by atoms with Gasteiger partial charge in [0.2, 0.25) is 0 Å². The van der Waals surface area contributed by atoms with Gasteiger partial charge >= 0.3 is 0 Å². The largest absolute Gasteiger partial charge is 0.492 e. The molecule has 3 atom stereocenters. The molecule has 1 N–H and O–H groups in total. The quantitative estimate of drug-likeness (QED) is 0.662. The molecule has 2 aromatic carbocycles. The lowest BCUT2D eigenvalue weighted by Crippen LogP contribution is -2.29. The van der Waals surface area contributed by atoms with Gasteiger partial charge in [0.15, 0.2) is 11.5 Å². The van der Waals surface area contributed by atoms with Crippen LogP contribution >= 0.6 is 15.9 Å². The Hall–Kier alpha value is -1.72. The Morgan fingerprint density at radius 3 is 2.81 bits per heavy atom. The van der Waals surface area contributed by atoms with Gasteiger partial charge in [0, 0.05) is 23.8 Å². The molecule has 2 aromatic rings. The Bertz CT molecular complexity index is 839. The van der Waals surface area contributed by atoms with E-state index in [0.717, 1.165) is 35.4 Å². The Morgan fingerprint density at radius 1 is 1.22 bits per heavy atom. The highest BCUT2D eigenvalue weighted by molar-refractivity contribution is 9.10. The van der Waals surface area contributed by atoms with Crippen LogP contribution in [-0.4, -0.2) is 20.3 Å². The number of rotatable bonds is 5. The van der Waals surface area contributed by atoms with Crippen LogP contribution < -0.4 is 14.8 Å². The van der Waals surface area contributed by atoms with Crippen LogP contribution in [0.1, 0.15) is 49.1 Å². The Labute approximate surface area is 169 Å². The summed E-state index contributed by atoms with van der Waals surface area (Å²) in [5.41, 5.74) is 5.02. The van der Waals surface area contributed by atoms with Crippen LogP contribution in [0.2, 0.25) is 0 Å². The van der Waals surface area contributed by atoms with Gasteiger partial charge in [0.25, 0.3) is 0 Å². The second kappa shape index (κ2) is 7.72. The first-order chi connectivity index (χ1) is 13.2. The molecule has 0 saturated carbocycles. The van der Waals surface area contributed by atoms with Gasteiger partial charge in [-0.15, -0.1) is 0 Å². The highest BCUT2D eigenvalue weighted by atomic mass is 79.9. The first-order valence-corrected chi connectivity index (χ1v) is 10.5. The van der Waals surface area contributed by atoms with Crippen molar-refractivity contribution in [1.29, 1.82) is 0 Å². The van der Waals surface area contributed by atoms with E-state index in [-0.39, 0.29) is 12.1 Å². The van der Waals surface area contributed by atoms with Gasteiger partial charge in [-0.1, -0.05) is 19.1 Å². The monoisotopic (exact) mass is 431 g/mol. The van der Waals surface area contributed by atoms with E-state index in [2.05, 4.69) is 58.5 Å². The molecule has 1 fully saturated rings. The number of fused-ring (bicyclic) bond motifs is 3. The molecule has 27 heavy (non-hydrogen) atoms. The summed E-state index contributed by atoms with van der Waals surface area (Å²) in [5, 5.41) is 3.77. The average molecular weight is 432 g/mol. The van der Waals surface area contributed by atoms with Gasteiger partial charge in [0.05, 0.1) is 30.3 Å². The summed E-state index contributed by atoms with van der Waals surface area (Å²) in [7, 11) is 1.67. The summed E-state index contributed by atoms with van der Waals surface area (Å²) in [6.07, 6.45) is 2.23. The Kier molecular flexibility index (Phi) is 5.33. The summed E-state index contributed by atoms with van der Waals surface area (Å²) in [6.45, 7) is 5.58. The van der Waals surface area contributed by atoms with Crippen LogP contribution in [0.3, 0.4) is 0 Å². The maximum Gasteiger partial charge on any atom is 0.174 e. The first kappa shape index (κ1) is 18.6.